The number of rotatable bonds is 3. The minimum atomic E-state index is -4.61. The molecular weight excluding hydrogens is 357 g/mol. The number of thiazole rings is 1. The summed E-state index contributed by atoms with van der Waals surface area (Å²) in [6, 6.07) is 0.703. The molecule has 25 heavy (non-hydrogen) atoms. The van der Waals surface area contributed by atoms with Crippen molar-refractivity contribution in [3.05, 3.63) is 34.7 Å². The standard InChI is InChI=1S/C14H13F3N6OS/c1-7-8(5-18-22(7)2)9-6-25-13(19-9)20-12(24)10-4-11(14(15,16)17)21-23(10)3/h4-6H,1-3H3,(H,19,20,24). The Morgan fingerprint density at radius 1 is 1.28 bits per heavy atom. The van der Waals surface area contributed by atoms with Crippen molar-refractivity contribution in [2.24, 2.45) is 14.1 Å². The van der Waals surface area contributed by atoms with E-state index < -0.39 is 17.8 Å². The van der Waals surface area contributed by atoms with Gasteiger partial charge in [-0.15, -0.1) is 11.3 Å². The van der Waals surface area contributed by atoms with Crippen LogP contribution in [0.25, 0.3) is 11.3 Å². The van der Waals surface area contributed by atoms with Crippen LogP contribution in [0, 0.1) is 6.92 Å². The summed E-state index contributed by atoms with van der Waals surface area (Å²) >= 11 is 1.17. The second-order valence-corrected chi connectivity index (χ2v) is 6.15. The predicted octanol–water partition coefficient (Wildman–Crippen LogP) is 2.86. The number of alkyl halides is 3. The molecule has 3 heterocycles. The van der Waals surface area contributed by atoms with Gasteiger partial charge in [0.25, 0.3) is 5.91 Å². The maximum absolute atomic E-state index is 12.7. The zero-order valence-corrected chi connectivity index (χ0v) is 14.2. The first kappa shape index (κ1) is 17.1. The summed E-state index contributed by atoms with van der Waals surface area (Å²) in [7, 11) is 3.07. The van der Waals surface area contributed by atoms with E-state index in [2.05, 4.69) is 20.5 Å². The van der Waals surface area contributed by atoms with E-state index >= 15 is 0 Å². The van der Waals surface area contributed by atoms with Gasteiger partial charge in [0.05, 0.1) is 11.9 Å². The van der Waals surface area contributed by atoms with Crippen LogP contribution in [0.15, 0.2) is 17.6 Å². The zero-order valence-electron chi connectivity index (χ0n) is 13.4. The van der Waals surface area contributed by atoms with E-state index in [9.17, 15) is 18.0 Å². The molecule has 11 heteroatoms. The molecule has 0 fully saturated rings. The normalized spacial score (nSPS) is 11.8. The Bertz CT molecular complexity index is 939. The van der Waals surface area contributed by atoms with Gasteiger partial charge in [-0.2, -0.15) is 23.4 Å². The monoisotopic (exact) mass is 370 g/mol. The van der Waals surface area contributed by atoms with Crippen molar-refractivity contribution >= 4 is 22.4 Å². The number of hydrogen-bond donors (Lipinski definition) is 1. The van der Waals surface area contributed by atoms with E-state index in [1.807, 2.05) is 6.92 Å². The van der Waals surface area contributed by atoms with E-state index in [1.54, 1.807) is 23.3 Å². The average Bonchev–Trinajstić information content (AvgIpc) is 3.20. The molecule has 0 bridgehead atoms. The fourth-order valence-electron chi connectivity index (χ4n) is 2.18. The maximum Gasteiger partial charge on any atom is 0.435 e. The van der Waals surface area contributed by atoms with E-state index in [4.69, 9.17) is 0 Å². The third-order valence-corrected chi connectivity index (χ3v) is 4.40. The number of aromatic nitrogens is 5. The van der Waals surface area contributed by atoms with Crippen molar-refractivity contribution in [2.45, 2.75) is 13.1 Å². The Balaban J connectivity index is 1.81. The summed E-state index contributed by atoms with van der Waals surface area (Å²) in [5, 5.41) is 11.9. The van der Waals surface area contributed by atoms with E-state index in [1.165, 1.54) is 18.4 Å². The van der Waals surface area contributed by atoms with Crippen LogP contribution in [-0.2, 0) is 20.3 Å². The molecule has 0 unspecified atom stereocenters. The molecule has 7 nitrogen and oxygen atoms in total. The Labute approximate surface area is 144 Å². The molecule has 0 radical (unpaired) electrons. The number of anilines is 1. The predicted molar refractivity (Wildman–Crippen MR) is 85.2 cm³/mol. The molecule has 0 aliphatic heterocycles. The number of halogens is 3. The summed E-state index contributed by atoms with van der Waals surface area (Å²) in [5.74, 6) is -0.714. The quantitative estimate of drug-likeness (QED) is 0.769. The Kier molecular flexibility index (Phi) is 4.11. The highest BCUT2D eigenvalue weighted by Crippen LogP contribution is 2.29. The largest absolute Gasteiger partial charge is 0.435 e. The molecule has 132 valence electrons. The molecule has 3 aromatic rings. The van der Waals surface area contributed by atoms with Gasteiger partial charge in [0.15, 0.2) is 10.8 Å². The molecule has 0 atom stereocenters. The second kappa shape index (κ2) is 5.99. The molecule has 0 aliphatic rings. The van der Waals surface area contributed by atoms with Gasteiger partial charge in [-0.05, 0) is 6.92 Å². The summed E-state index contributed by atoms with van der Waals surface area (Å²) < 4.78 is 40.6. The van der Waals surface area contributed by atoms with Gasteiger partial charge in [-0.25, -0.2) is 4.98 Å². The molecule has 1 amide bonds. The summed E-state index contributed by atoms with van der Waals surface area (Å²) in [4.78, 5) is 16.5. The van der Waals surface area contributed by atoms with Crippen LogP contribution in [0.3, 0.4) is 0 Å². The second-order valence-electron chi connectivity index (χ2n) is 5.30. The third kappa shape index (κ3) is 3.27. The molecule has 0 saturated carbocycles. The molecule has 1 N–H and O–H groups in total. The molecule has 0 aromatic carbocycles. The summed E-state index contributed by atoms with van der Waals surface area (Å²) in [5.41, 5.74) is 1.03. The van der Waals surface area contributed by atoms with Crippen LogP contribution in [-0.4, -0.2) is 30.5 Å². The van der Waals surface area contributed by atoms with Crippen LogP contribution in [0.1, 0.15) is 21.9 Å². The topological polar surface area (TPSA) is 77.6 Å². The lowest BCUT2D eigenvalue weighted by Crippen LogP contribution is -2.15. The zero-order chi connectivity index (χ0) is 18.4. The van der Waals surface area contributed by atoms with Crippen LogP contribution in [0.5, 0.6) is 0 Å². The average molecular weight is 370 g/mol. The van der Waals surface area contributed by atoms with Crippen molar-refractivity contribution < 1.29 is 18.0 Å². The van der Waals surface area contributed by atoms with Crippen LogP contribution < -0.4 is 5.32 Å². The number of nitrogens with zero attached hydrogens (tertiary/aromatic N) is 5. The summed E-state index contributed by atoms with van der Waals surface area (Å²) in [6.45, 7) is 1.88. The molecule has 3 aromatic heterocycles. The number of amides is 1. The van der Waals surface area contributed by atoms with Gasteiger partial charge in [-0.1, -0.05) is 0 Å². The molecule has 0 saturated heterocycles. The Morgan fingerprint density at radius 3 is 2.56 bits per heavy atom. The lowest BCUT2D eigenvalue weighted by atomic mass is 10.2. The lowest BCUT2D eigenvalue weighted by molar-refractivity contribution is -0.141. The minimum Gasteiger partial charge on any atom is -0.296 e. The highest BCUT2D eigenvalue weighted by Gasteiger charge is 2.35. The number of nitrogens with one attached hydrogen (secondary N) is 1. The Morgan fingerprint density at radius 2 is 2.00 bits per heavy atom. The van der Waals surface area contributed by atoms with E-state index in [0.717, 1.165) is 15.9 Å². The first-order valence-electron chi connectivity index (χ1n) is 7.04. The number of carbonyl (C=O) groups is 1. The number of hydrogen-bond acceptors (Lipinski definition) is 5. The van der Waals surface area contributed by atoms with Gasteiger partial charge in [-0.3, -0.25) is 19.5 Å². The lowest BCUT2D eigenvalue weighted by Gasteiger charge is -2.01. The van der Waals surface area contributed by atoms with Crippen molar-refractivity contribution in [1.82, 2.24) is 24.5 Å². The third-order valence-electron chi connectivity index (χ3n) is 3.64. The number of carbonyl (C=O) groups excluding carboxylic acids is 1. The van der Waals surface area contributed by atoms with Gasteiger partial charge in [0.2, 0.25) is 0 Å². The summed E-state index contributed by atoms with van der Waals surface area (Å²) in [6.07, 6.45) is -2.95. The van der Waals surface area contributed by atoms with Gasteiger partial charge in [0.1, 0.15) is 5.69 Å². The van der Waals surface area contributed by atoms with Gasteiger partial charge in [0, 0.05) is 36.8 Å². The van der Waals surface area contributed by atoms with Gasteiger partial charge < -0.3 is 0 Å². The molecule has 3 rings (SSSR count). The van der Waals surface area contributed by atoms with Gasteiger partial charge >= 0.3 is 6.18 Å². The highest BCUT2D eigenvalue weighted by atomic mass is 32.1. The first-order valence-corrected chi connectivity index (χ1v) is 7.92. The van der Waals surface area contributed by atoms with E-state index in [-0.39, 0.29) is 10.8 Å². The van der Waals surface area contributed by atoms with Crippen molar-refractivity contribution in [2.75, 3.05) is 5.32 Å². The van der Waals surface area contributed by atoms with Crippen molar-refractivity contribution in [1.29, 1.82) is 0 Å². The minimum absolute atomic E-state index is 0.207. The SMILES string of the molecule is Cc1c(-c2csc(NC(=O)c3cc(C(F)(F)F)nn3C)n2)cnn1C. The fraction of sp³-hybridized carbons (Fsp3) is 0.286. The van der Waals surface area contributed by atoms with E-state index in [0.29, 0.717) is 11.8 Å². The van der Waals surface area contributed by atoms with Crippen LogP contribution in [0.2, 0.25) is 0 Å². The molecule has 0 aliphatic carbocycles. The van der Waals surface area contributed by atoms with Crippen molar-refractivity contribution in [3.63, 3.8) is 0 Å². The molecule has 0 spiro atoms. The van der Waals surface area contributed by atoms with Crippen molar-refractivity contribution in [3.8, 4) is 11.3 Å². The molecular formula is C14H13F3N6OS. The maximum atomic E-state index is 12.7. The fourth-order valence-corrected chi connectivity index (χ4v) is 2.89. The van der Waals surface area contributed by atoms with Crippen LogP contribution in [0.4, 0.5) is 18.3 Å². The Hall–Kier alpha value is -2.69. The highest BCUT2D eigenvalue weighted by molar-refractivity contribution is 7.14. The van der Waals surface area contributed by atoms with Crippen LogP contribution >= 0.6 is 11.3 Å². The smallest absolute Gasteiger partial charge is 0.296 e. The number of aryl methyl sites for hydroxylation is 2. The first-order chi connectivity index (χ1) is 11.7.